The number of imidazole rings is 1. The van der Waals surface area contributed by atoms with Crippen LogP contribution in [0.15, 0.2) is 6.33 Å². The van der Waals surface area contributed by atoms with Crippen LogP contribution in [0.2, 0.25) is 0 Å². The Morgan fingerprint density at radius 3 is 2.64 bits per heavy atom. The van der Waals surface area contributed by atoms with Gasteiger partial charge in [0.1, 0.15) is 11.4 Å². The molecule has 0 atom stereocenters. The van der Waals surface area contributed by atoms with Gasteiger partial charge in [0, 0.05) is 13.8 Å². The molecule has 0 aromatic carbocycles. The Bertz CT molecular complexity index is 225. The second-order valence-electron chi connectivity index (χ2n) is 3.03. The number of unbranched alkanes of at least 4 members (excludes halogenated alkanes) is 1. The van der Waals surface area contributed by atoms with E-state index in [0.29, 0.717) is 0 Å². The van der Waals surface area contributed by atoms with Gasteiger partial charge in [-0.3, -0.25) is 0 Å². The lowest BCUT2D eigenvalue weighted by Gasteiger charge is -1.95. The second kappa shape index (κ2) is 3.56. The van der Waals surface area contributed by atoms with Gasteiger partial charge in [-0.05, 0) is 6.42 Å². The summed E-state index contributed by atoms with van der Waals surface area (Å²) in [5.41, 5.74) is 2.64. The summed E-state index contributed by atoms with van der Waals surface area (Å²) in [5.74, 6) is 0. The van der Waals surface area contributed by atoms with Crippen molar-refractivity contribution in [3.05, 3.63) is 17.7 Å². The van der Waals surface area contributed by atoms with Crippen LogP contribution < -0.4 is 4.57 Å². The monoisotopic (exact) mass is 153 g/mol. The lowest BCUT2D eigenvalue weighted by Crippen LogP contribution is -2.34. The minimum absolute atomic E-state index is 1.15. The maximum absolute atomic E-state index is 3.21. The molecule has 0 aliphatic heterocycles. The van der Waals surface area contributed by atoms with E-state index < -0.39 is 0 Å². The Balaban J connectivity index is 2.63. The fraction of sp³-hybridized carbons (Fsp3) is 0.667. The van der Waals surface area contributed by atoms with Crippen LogP contribution in [0.4, 0.5) is 0 Å². The van der Waals surface area contributed by atoms with Gasteiger partial charge >= 0.3 is 0 Å². The fourth-order valence-corrected chi connectivity index (χ4v) is 1.15. The van der Waals surface area contributed by atoms with Crippen molar-refractivity contribution in [2.75, 3.05) is 0 Å². The predicted octanol–water partition coefficient (Wildman–Crippen LogP) is 1.72. The van der Waals surface area contributed by atoms with Crippen LogP contribution in [0.25, 0.3) is 0 Å². The van der Waals surface area contributed by atoms with E-state index in [-0.39, 0.29) is 0 Å². The minimum Gasteiger partial charge on any atom is -0.248 e. The number of aromatic amines is 1. The van der Waals surface area contributed by atoms with Crippen molar-refractivity contribution in [1.82, 2.24) is 4.98 Å². The van der Waals surface area contributed by atoms with E-state index in [2.05, 4.69) is 36.6 Å². The van der Waals surface area contributed by atoms with Gasteiger partial charge in [-0.15, -0.1) is 0 Å². The van der Waals surface area contributed by atoms with Crippen molar-refractivity contribution >= 4 is 0 Å². The number of hydrogen-bond acceptors (Lipinski definition) is 0. The number of aryl methyl sites for hydroxylation is 2. The molecular weight excluding hydrogens is 136 g/mol. The molecule has 0 amide bonds. The van der Waals surface area contributed by atoms with Crippen LogP contribution in [0, 0.1) is 13.8 Å². The molecule has 0 unspecified atom stereocenters. The standard InChI is InChI=1S/C9H16N2/c1-4-5-6-11-7-10-8(2)9(11)3/h7H,4-6H2,1-3H3/p+1. The number of hydrogen-bond donors (Lipinski definition) is 1. The van der Waals surface area contributed by atoms with Crippen LogP contribution >= 0.6 is 0 Å². The number of aromatic nitrogens is 2. The Kier molecular flexibility index (Phi) is 2.69. The predicted molar refractivity (Wildman–Crippen MR) is 45.4 cm³/mol. The van der Waals surface area contributed by atoms with Gasteiger partial charge in [0.2, 0.25) is 6.33 Å². The second-order valence-corrected chi connectivity index (χ2v) is 3.03. The van der Waals surface area contributed by atoms with E-state index in [1.165, 1.54) is 24.2 Å². The molecule has 1 rings (SSSR count). The maximum Gasteiger partial charge on any atom is 0.241 e. The Morgan fingerprint density at radius 1 is 1.45 bits per heavy atom. The zero-order valence-corrected chi connectivity index (χ0v) is 7.65. The van der Waals surface area contributed by atoms with Gasteiger partial charge in [-0.25, -0.2) is 9.55 Å². The quantitative estimate of drug-likeness (QED) is 0.638. The van der Waals surface area contributed by atoms with Crippen LogP contribution in [-0.2, 0) is 6.54 Å². The number of rotatable bonds is 3. The first-order chi connectivity index (χ1) is 5.25. The normalized spacial score (nSPS) is 10.5. The summed E-state index contributed by atoms with van der Waals surface area (Å²) in [6.45, 7) is 7.63. The van der Waals surface area contributed by atoms with E-state index in [0.717, 1.165) is 6.54 Å². The summed E-state index contributed by atoms with van der Waals surface area (Å²) < 4.78 is 2.28. The van der Waals surface area contributed by atoms with Crippen molar-refractivity contribution in [3.8, 4) is 0 Å². The first kappa shape index (κ1) is 8.31. The summed E-state index contributed by atoms with van der Waals surface area (Å²) in [7, 11) is 0. The molecule has 0 fully saturated rings. The van der Waals surface area contributed by atoms with E-state index in [9.17, 15) is 0 Å². The molecule has 1 heterocycles. The Hall–Kier alpha value is -0.790. The highest BCUT2D eigenvalue weighted by Crippen LogP contribution is 1.96. The highest BCUT2D eigenvalue weighted by Gasteiger charge is 2.07. The molecule has 11 heavy (non-hydrogen) atoms. The molecule has 0 saturated heterocycles. The third kappa shape index (κ3) is 1.82. The van der Waals surface area contributed by atoms with Crippen LogP contribution in [-0.4, -0.2) is 4.98 Å². The van der Waals surface area contributed by atoms with Gasteiger partial charge in [-0.2, -0.15) is 0 Å². The van der Waals surface area contributed by atoms with Gasteiger partial charge in [0.05, 0.1) is 6.54 Å². The van der Waals surface area contributed by atoms with E-state index >= 15 is 0 Å². The molecule has 0 spiro atoms. The van der Waals surface area contributed by atoms with Crippen LogP contribution in [0.1, 0.15) is 31.2 Å². The molecule has 1 N–H and O–H groups in total. The summed E-state index contributed by atoms with van der Waals surface area (Å²) in [6.07, 6.45) is 4.58. The molecule has 0 aliphatic carbocycles. The SMILES string of the molecule is CCCC[n+]1c[nH]c(C)c1C. The lowest BCUT2D eigenvalue weighted by atomic mass is 10.3. The third-order valence-corrected chi connectivity index (χ3v) is 2.16. The molecule has 0 radical (unpaired) electrons. The molecule has 62 valence electrons. The first-order valence-corrected chi connectivity index (χ1v) is 4.29. The first-order valence-electron chi connectivity index (χ1n) is 4.29. The Morgan fingerprint density at radius 2 is 2.18 bits per heavy atom. The summed E-state index contributed by atoms with van der Waals surface area (Å²) in [4.78, 5) is 3.21. The highest BCUT2D eigenvalue weighted by atomic mass is 15.0. The van der Waals surface area contributed by atoms with E-state index in [1.807, 2.05) is 0 Å². The average Bonchev–Trinajstić information content (AvgIpc) is 2.31. The molecule has 1 aromatic heterocycles. The Labute approximate surface area is 68.3 Å². The largest absolute Gasteiger partial charge is 0.248 e. The molecule has 1 aromatic rings. The maximum atomic E-state index is 3.21. The highest BCUT2D eigenvalue weighted by molar-refractivity contribution is 4.98. The topological polar surface area (TPSA) is 19.7 Å². The summed E-state index contributed by atoms with van der Waals surface area (Å²) >= 11 is 0. The summed E-state index contributed by atoms with van der Waals surface area (Å²) in [6, 6.07) is 0. The van der Waals surface area contributed by atoms with Gasteiger partial charge < -0.3 is 0 Å². The molecule has 2 heteroatoms. The number of nitrogens with zero attached hydrogens (tertiary/aromatic N) is 1. The van der Waals surface area contributed by atoms with E-state index in [1.54, 1.807) is 0 Å². The molecular formula is C9H17N2+. The van der Waals surface area contributed by atoms with Gasteiger partial charge in [-0.1, -0.05) is 13.3 Å². The van der Waals surface area contributed by atoms with Crippen molar-refractivity contribution in [1.29, 1.82) is 0 Å². The van der Waals surface area contributed by atoms with Crippen LogP contribution in [0.5, 0.6) is 0 Å². The zero-order valence-electron chi connectivity index (χ0n) is 7.65. The third-order valence-electron chi connectivity index (χ3n) is 2.16. The van der Waals surface area contributed by atoms with Crippen LogP contribution in [0.3, 0.4) is 0 Å². The lowest BCUT2D eigenvalue weighted by molar-refractivity contribution is -0.701. The number of nitrogens with one attached hydrogen (secondary N) is 1. The fourth-order valence-electron chi connectivity index (χ4n) is 1.15. The average molecular weight is 153 g/mol. The molecule has 0 bridgehead atoms. The smallest absolute Gasteiger partial charge is 0.241 e. The van der Waals surface area contributed by atoms with E-state index in [4.69, 9.17) is 0 Å². The van der Waals surface area contributed by atoms with Crippen molar-refractivity contribution < 1.29 is 4.57 Å². The van der Waals surface area contributed by atoms with Crippen molar-refractivity contribution in [3.63, 3.8) is 0 Å². The molecule has 2 nitrogen and oxygen atoms in total. The van der Waals surface area contributed by atoms with Crippen molar-refractivity contribution in [2.45, 2.75) is 40.2 Å². The summed E-state index contributed by atoms with van der Waals surface area (Å²) in [5, 5.41) is 0. The zero-order chi connectivity index (χ0) is 8.27. The van der Waals surface area contributed by atoms with Crippen molar-refractivity contribution in [2.24, 2.45) is 0 Å². The number of H-pyrrole nitrogens is 1. The minimum atomic E-state index is 1.15. The molecule has 0 saturated carbocycles. The van der Waals surface area contributed by atoms with Gasteiger partial charge in [0.25, 0.3) is 0 Å². The molecule has 0 aliphatic rings. The van der Waals surface area contributed by atoms with Gasteiger partial charge in [0.15, 0.2) is 0 Å².